The van der Waals surface area contributed by atoms with Gasteiger partial charge in [0.2, 0.25) is 5.91 Å². The van der Waals surface area contributed by atoms with E-state index in [0.717, 1.165) is 31.9 Å². The number of anilines is 2. The van der Waals surface area contributed by atoms with Gasteiger partial charge < -0.3 is 20.2 Å². The number of rotatable bonds is 12. The maximum atomic E-state index is 12.8. The number of carbonyl (C=O) groups excluding carboxylic acids is 2. The maximum absolute atomic E-state index is 12.8. The zero-order valence-electron chi connectivity index (χ0n) is 21.7. The fourth-order valence-electron chi connectivity index (χ4n) is 4.38. The quantitative estimate of drug-likeness (QED) is 0.238. The first-order valence-corrected chi connectivity index (χ1v) is 13.4. The molecule has 212 valence electrons. The fourth-order valence-corrected chi connectivity index (χ4v) is 5.07. The van der Waals surface area contributed by atoms with Crippen LogP contribution in [0.5, 0.6) is 0 Å². The summed E-state index contributed by atoms with van der Waals surface area (Å²) in [6.07, 6.45) is 5.48. The summed E-state index contributed by atoms with van der Waals surface area (Å²) in [5, 5.41) is 5.58. The van der Waals surface area contributed by atoms with Gasteiger partial charge in [-0.15, -0.1) is 0 Å². The molecule has 1 aliphatic heterocycles. The SMILES string of the molecule is COC[C@@H]1CCCN1C/C=C/C(=O)Nc1cnc(-c2cccc(C(C=O)CNc3ncc(C(F)(F)F)s3)c2)cn1. The van der Waals surface area contributed by atoms with Gasteiger partial charge >= 0.3 is 6.18 Å². The first-order valence-electron chi connectivity index (χ1n) is 12.6. The number of nitrogens with one attached hydrogen (secondary N) is 2. The van der Waals surface area contributed by atoms with Gasteiger partial charge in [-0.05, 0) is 31.0 Å². The lowest BCUT2D eigenvalue weighted by molar-refractivity contribution is -0.134. The largest absolute Gasteiger partial charge is 0.427 e. The van der Waals surface area contributed by atoms with E-state index in [1.54, 1.807) is 31.4 Å². The highest BCUT2D eigenvalue weighted by Crippen LogP contribution is 2.35. The predicted octanol–water partition coefficient (Wildman–Crippen LogP) is 4.62. The Morgan fingerprint density at radius 3 is 2.80 bits per heavy atom. The summed E-state index contributed by atoms with van der Waals surface area (Å²) < 4.78 is 43.7. The molecule has 1 unspecified atom stereocenters. The van der Waals surface area contributed by atoms with Crippen molar-refractivity contribution in [2.75, 3.05) is 44.0 Å². The number of benzene rings is 1. The minimum absolute atomic E-state index is 0.0761. The lowest BCUT2D eigenvalue weighted by atomic mass is 9.97. The third-order valence-corrected chi connectivity index (χ3v) is 7.40. The number of carbonyl (C=O) groups is 2. The third kappa shape index (κ3) is 7.93. The van der Waals surface area contributed by atoms with E-state index in [0.29, 0.717) is 53.2 Å². The molecule has 0 radical (unpaired) electrons. The summed E-state index contributed by atoms with van der Waals surface area (Å²) in [6.45, 7) is 2.40. The van der Waals surface area contributed by atoms with Crippen LogP contribution >= 0.6 is 11.3 Å². The van der Waals surface area contributed by atoms with Gasteiger partial charge in [0, 0.05) is 37.9 Å². The zero-order valence-corrected chi connectivity index (χ0v) is 22.5. The van der Waals surface area contributed by atoms with Gasteiger partial charge in [-0.3, -0.25) is 14.7 Å². The van der Waals surface area contributed by atoms with E-state index in [2.05, 4.69) is 30.5 Å². The number of hydrogen-bond donors (Lipinski definition) is 2. The number of likely N-dealkylation sites (tertiary alicyclic amines) is 1. The summed E-state index contributed by atoms with van der Waals surface area (Å²) in [5.74, 6) is -0.637. The van der Waals surface area contributed by atoms with Crippen molar-refractivity contribution in [1.82, 2.24) is 19.9 Å². The second kappa shape index (κ2) is 13.6. The van der Waals surface area contributed by atoms with Gasteiger partial charge in [-0.2, -0.15) is 13.2 Å². The van der Waals surface area contributed by atoms with Gasteiger partial charge in [0.25, 0.3) is 0 Å². The molecule has 0 spiro atoms. The number of aldehydes is 1. The van der Waals surface area contributed by atoms with Crippen molar-refractivity contribution in [2.24, 2.45) is 0 Å². The van der Waals surface area contributed by atoms with Crippen molar-refractivity contribution >= 4 is 34.5 Å². The van der Waals surface area contributed by atoms with E-state index in [1.165, 1.54) is 18.5 Å². The van der Waals surface area contributed by atoms with Crippen LogP contribution < -0.4 is 10.6 Å². The molecule has 2 N–H and O–H groups in total. The Labute approximate surface area is 233 Å². The second-order valence-electron chi connectivity index (χ2n) is 9.20. The van der Waals surface area contributed by atoms with Gasteiger partial charge in [0.05, 0.1) is 36.8 Å². The Morgan fingerprint density at radius 2 is 2.10 bits per heavy atom. The summed E-state index contributed by atoms with van der Waals surface area (Å²) >= 11 is 0.482. The molecule has 1 aromatic carbocycles. The smallest absolute Gasteiger partial charge is 0.383 e. The highest BCUT2D eigenvalue weighted by Gasteiger charge is 2.33. The average molecular weight is 575 g/mol. The van der Waals surface area contributed by atoms with Crippen LogP contribution in [-0.4, -0.2) is 71.4 Å². The average Bonchev–Trinajstić information content (AvgIpc) is 3.60. The van der Waals surface area contributed by atoms with Gasteiger partial charge in [0.15, 0.2) is 10.9 Å². The van der Waals surface area contributed by atoms with Crippen LogP contribution in [0.4, 0.5) is 24.1 Å². The molecule has 13 heteroatoms. The van der Waals surface area contributed by atoms with Gasteiger partial charge in [-0.25, -0.2) is 9.97 Å². The number of nitrogens with zero attached hydrogens (tertiary/aromatic N) is 4. The maximum Gasteiger partial charge on any atom is 0.427 e. The number of aromatic nitrogens is 3. The van der Waals surface area contributed by atoms with Crippen LogP contribution in [0.2, 0.25) is 0 Å². The molecule has 2 atom stereocenters. The molecule has 0 aliphatic carbocycles. The molecule has 1 amide bonds. The molecule has 3 heterocycles. The number of ether oxygens (including phenoxy) is 1. The first-order chi connectivity index (χ1) is 19.3. The van der Waals surface area contributed by atoms with E-state index in [-0.39, 0.29) is 17.6 Å². The Balaban J connectivity index is 1.32. The Morgan fingerprint density at radius 1 is 1.25 bits per heavy atom. The van der Waals surface area contributed by atoms with Crippen molar-refractivity contribution in [3.8, 4) is 11.3 Å². The van der Waals surface area contributed by atoms with Crippen LogP contribution in [0, 0.1) is 0 Å². The molecule has 9 nitrogen and oxygen atoms in total. The van der Waals surface area contributed by atoms with E-state index in [9.17, 15) is 22.8 Å². The molecule has 40 heavy (non-hydrogen) atoms. The number of alkyl halides is 3. The van der Waals surface area contributed by atoms with E-state index < -0.39 is 17.0 Å². The van der Waals surface area contributed by atoms with Crippen LogP contribution in [0.25, 0.3) is 11.3 Å². The molecule has 4 rings (SSSR count). The minimum Gasteiger partial charge on any atom is -0.383 e. The molecule has 3 aromatic rings. The van der Waals surface area contributed by atoms with Crippen molar-refractivity contribution in [3.05, 3.63) is 65.4 Å². The van der Waals surface area contributed by atoms with Crippen LogP contribution in [0.15, 0.2) is 55.0 Å². The second-order valence-corrected chi connectivity index (χ2v) is 10.2. The molecule has 1 aliphatic rings. The molecular weight excluding hydrogens is 545 g/mol. The fraction of sp³-hybridized carbons (Fsp3) is 0.370. The van der Waals surface area contributed by atoms with E-state index >= 15 is 0 Å². The van der Waals surface area contributed by atoms with Crippen molar-refractivity contribution in [1.29, 1.82) is 0 Å². The molecule has 2 aromatic heterocycles. The topological polar surface area (TPSA) is 109 Å². The highest BCUT2D eigenvalue weighted by atomic mass is 32.1. The lowest BCUT2D eigenvalue weighted by Gasteiger charge is -2.21. The summed E-state index contributed by atoms with van der Waals surface area (Å²) in [6, 6.07) is 7.45. The zero-order chi connectivity index (χ0) is 28.5. The van der Waals surface area contributed by atoms with Crippen LogP contribution in [0.3, 0.4) is 0 Å². The minimum atomic E-state index is -4.46. The number of amides is 1. The Hall–Kier alpha value is -3.68. The number of halogens is 3. The molecule has 0 saturated carbocycles. The van der Waals surface area contributed by atoms with Gasteiger partial charge in [-0.1, -0.05) is 35.6 Å². The van der Waals surface area contributed by atoms with E-state index in [1.807, 2.05) is 6.08 Å². The number of hydrogen-bond acceptors (Lipinski definition) is 9. The molecule has 1 fully saturated rings. The summed E-state index contributed by atoms with van der Waals surface area (Å²) in [7, 11) is 1.69. The molecular formula is C27H29F3N6O3S. The first kappa shape index (κ1) is 29.3. The highest BCUT2D eigenvalue weighted by molar-refractivity contribution is 7.15. The monoisotopic (exact) mass is 574 g/mol. The van der Waals surface area contributed by atoms with Crippen LogP contribution in [0.1, 0.15) is 29.2 Å². The predicted molar refractivity (Wildman–Crippen MR) is 146 cm³/mol. The molecule has 1 saturated heterocycles. The summed E-state index contributed by atoms with van der Waals surface area (Å²) in [5.41, 5.74) is 1.88. The normalized spacial score (nSPS) is 16.8. The number of thiazole rings is 1. The lowest BCUT2D eigenvalue weighted by Crippen LogP contribution is -2.33. The number of methoxy groups -OCH3 is 1. The van der Waals surface area contributed by atoms with Crippen molar-refractivity contribution in [2.45, 2.75) is 31.0 Å². The third-order valence-electron chi connectivity index (χ3n) is 6.40. The van der Waals surface area contributed by atoms with Crippen molar-refractivity contribution < 1.29 is 27.5 Å². The summed E-state index contributed by atoms with van der Waals surface area (Å²) in [4.78, 5) is 37.9. The van der Waals surface area contributed by atoms with Gasteiger partial charge in [0.1, 0.15) is 11.2 Å². The standard InChI is InChI=1S/C27H29F3N6O3S/c1-39-17-21-7-3-9-36(21)10-4-8-25(38)35-24-15-31-22(13-32-24)19-6-2-5-18(11-19)20(16-37)12-33-26-34-14-23(40-26)27(28,29)30/h2,4-6,8,11,13-16,20-21H,3,7,9-10,12,17H2,1H3,(H,33,34)(H,32,35,38)/b8-4+/t20?,21-/m0/s1. The van der Waals surface area contributed by atoms with E-state index in [4.69, 9.17) is 4.74 Å². The Kier molecular flexibility index (Phi) is 9.96. The van der Waals surface area contributed by atoms with Crippen molar-refractivity contribution in [3.63, 3.8) is 0 Å². The molecule has 0 bridgehead atoms. The van der Waals surface area contributed by atoms with Crippen LogP contribution in [-0.2, 0) is 20.5 Å². The Bertz CT molecular complexity index is 1320.